The minimum absolute atomic E-state index is 0.0588. The van der Waals surface area contributed by atoms with Crippen molar-refractivity contribution in [3.05, 3.63) is 75.9 Å². The van der Waals surface area contributed by atoms with E-state index in [0.29, 0.717) is 27.1 Å². The van der Waals surface area contributed by atoms with Crippen molar-refractivity contribution in [1.82, 2.24) is 4.40 Å². The van der Waals surface area contributed by atoms with Crippen LogP contribution in [0.15, 0.2) is 69.9 Å². The second-order valence-electron chi connectivity index (χ2n) is 5.59. The highest BCUT2D eigenvalue weighted by atomic mass is 35.5. The molecule has 0 saturated heterocycles. The predicted molar refractivity (Wildman–Crippen MR) is 93.5 cm³/mol. The van der Waals surface area contributed by atoms with Gasteiger partial charge in [0.25, 0.3) is 0 Å². The van der Waals surface area contributed by atoms with Crippen molar-refractivity contribution in [2.45, 2.75) is 0 Å². The van der Waals surface area contributed by atoms with Gasteiger partial charge in [-0.3, -0.25) is 9.20 Å². The van der Waals surface area contributed by atoms with E-state index >= 15 is 0 Å². The number of hydrogen-bond donors (Lipinski definition) is 0. The third-order valence-corrected chi connectivity index (χ3v) is 4.47. The third kappa shape index (κ3) is 1.68. The smallest absolute Gasteiger partial charge is 0.216 e. The monoisotopic (exact) mass is 319 g/mol. The van der Waals surface area contributed by atoms with E-state index in [9.17, 15) is 4.79 Å². The van der Waals surface area contributed by atoms with E-state index in [1.165, 1.54) is 0 Å². The molecule has 0 spiro atoms. The zero-order valence-electron chi connectivity index (χ0n) is 11.9. The molecular weight excluding hydrogens is 310 g/mol. The lowest BCUT2D eigenvalue weighted by Gasteiger charge is -2.04. The quantitative estimate of drug-likeness (QED) is 0.402. The normalized spacial score (nSPS) is 11.9. The Hall–Kier alpha value is -2.78. The molecule has 0 aliphatic rings. The van der Waals surface area contributed by atoms with Crippen LogP contribution < -0.4 is 5.43 Å². The molecule has 3 aromatic heterocycles. The average molecular weight is 320 g/mol. The SMILES string of the molecule is O=c1c2cc(Cl)ccc2oc2c1cc1ccc3ccccc3n12. The Kier molecular flexibility index (Phi) is 2.42. The third-order valence-electron chi connectivity index (χ3n) is 4.23. The molecule has 0 amide bonds. The Balaban J connectivity index is 2.11. The second-order valence-corrected chi connectivity index (χ2v) is 6.02. The number of fused-ring (bicyclic) bond motifs is 6. The van der Waals surface area contributed by atoms with Gasteiger partial charge in [0.2, 0.25) is 11.1 Å². The lowest BCUT2D eigenvalue weighted by atomic mass is 10.2. The maximum absolute atomic E-state index is 12.8. The summed E-state index contributed by atoms with van der Waals surface area (Å²) in [7, 11) is 0. The Morgan fingerprint density at radius 3 is 2.70 bits per heavy atom. The fourth-order valence-electron chi connectivity index (χ4n) is 3.17. The van der Waals surface area contributed by atoms with Gasteiger partial charge in [0.1, 0.15) is 5.58 Å². The molecule has 0 fully saturated rings. The summed E-state index contributed by atoms with van der Waals surface area (Å²) in [5.41, 5.74) is 2.99. The summed E-state index contributed by atoms with van der Waals surface area (Å²) >= 11 is 6.01. The molecule has 4 heteroatoms. The number of nitrogens with zero attached hydrogens (tertiary/aromatic N) is 1. The molecule has 0 aliphatic heterocycles. The molecule has 0 N–H and O–H groups in total. The Bertz CT molecular complexity index is 1300. The van der Waals surface area contributed by atoms with Gasteiger partial charge < -0.3 is 4.42 Å². The van der Waals surface area contributed by atoms with Crippen molar-refractivity contribution in [3.8, 4) is 0 Å². The first-order valence-corrected chi connectivity index (χ1v) is 7.65. The van der Waals surface area contributed by atoms with Crippen LogP contribution in [0.2, 0.25) is 5.02 Å². The van der Waals surface area contributed by atoms with Gasteiger partial charge in [0.05, 0.1) is 21.8 Å². The Morgan fingerprint density at radius 2 is 1.78 bits per heavy atom. The molecule has 3 heterocycles. The van der Waals surface area contributed by atoms with E-state index in [1.54, 1.807) is 18.2 Å². The van der Waals surface area contributed by atoms with Crippen molar-refractivity contribution >= 4 is 50.1 Å². The lowest BCUT2D eigenvalue weighted by Crippen LogP contribution is -2.01. The first-order valence-electron chi connectivity index (χ1n) is 7.28. The molecule has 5 aromatic rings. The summed E-state index contributed by atoms with van der Waals surface area (Å²) in [5, 5.41) is 2.69. The van der Waals surface area contributed by atoms with Crippen LogP contribution in [0.5, 0.6) is 0 Å². The Labute approximate surface area is 135 Å². The molecule has 0 unspecified atom stereocenters. The molecule has 110 valence electrons. The second kappa shape index (κ2) is 4.37. The minimum Gasteiger partial charge on any atom is -0.439 e. The zero-order chi connectivity index (χ0) is 15.6. The van der Waals surface area contributed by atoms with Crippen LogP contribution in [-0.2, 0) is 0 Å². The molecule has 5 rings (SSSR count). The molecule has 0 aliphatic carbocycles. The van der Waals surface area contributed by atoms with Crippen LogP contribution in [0.3, 0.4) is 0 Å². The van der Waals surface area contributed by atoms with Crippen LogP contribution in [0.25, 0.3) is 38.5 Å². The summed E-state index contributed by atoms with van der Waals surface area (Å²) in [6.45, 7) is 0. The van der Waals surface area contributed by atoms with Gasteiger partial charge in [0.15, 0.2) is 0 Å². The molecule has 0 radical (unpaired) electrons. The van der Waals surface area contributed by atoms with Crippen LogP contribution in [0.4, 0.5) is 0 Å². The topological polar surface area (TPSA) is 34.6 Å². The molecule has 3 nitrogen and oxygen atoms in total. The number of halogens is 1. The lowest BCUT2D eigenvalue weighted by molar-refractivity contribution is 0.643. The zero-order valence-corrected chi connectivity index (χ0v) is 12.7. The summed E-state index contributed by atoms with van der Waals surface area (Å²) < 4.78 is 8.03. The summed E-state index contributed by atoms with van der Waals surface area (Å²) in [6.07, 6.45) is 0. The standard InChI is InChI=1S/C19H10ClNO2/c20-12-6-8-17-14(9-12)18(22)15-10-13-7-5-11-3-1-2-4-16(11)21(13)19(15)23-17/h1-10H. The van der Waals surface area contributed by atoms with Gasteiger partial charge in [-0.25, -0.2) is 0 Å². The van der Waals surface area contributed by atoms with Crippen molar-refractivity contribution in [2.75, 3.05) is 0 Å². The van der Waals surface area contributed by atoms with Crippen LogP contribution in [0, 0.1) is 0 Å². The van der Waals surface area contributed by atoms with E-state index < -0.39 is 0 Å². The summed E-state index contributed by atoms with van der Waals surface area (Å²) in [6, 6.07) is 19.1. The highest BCUT2D eigenvalue weighted by Crippen LogP contribution is 2.27. The first-order chi connectivity index (χ1) is 11.2. The van der Waals surface area contributed by atoms with Gasteiger partial charge in [-0.05, 0) is 41.8 Å². The molecular formula is C19H10ClNO2. The van der Waals surface area contributed by atoms with Gasteiger partial charge in [-0.15, -0.1) is 0 Å². The number of hydrogen-bond acceptors (Lipinski definition) is 2. The van der Waals surface area contributed by atoms with Crippen molar-refractivity contribution in [2.24, 2.45) is 0 Å². The van der Waals surface area contributed by atoms with Crippen LogP contribution in [0.1, 0.15) is 0 Å². The maximum atomic E-state index is 12.8. The van der Waals surface area contributed by atoms with Crippen molar-refractivity contribution in [3.63, 3.8) is 0 Å². The molecule has 23 heavy (non-hydrogen) atoms. The number of aromatic nitrogens is 1. The van der Waals surface area contributed by atoms with Crippen molar-refractivity contribution < 1.29 is 4.42 Å². The van der Waals surface area contributed by atoms with E-state index in [-0.39, 0.29) is 5.43 Å². The fourth-order valence-corrected chi connectivity index (χ4v) is 3.34. The maximum Gasteiger partial charge on any atom is 0.216 e. The minimum atomic E-state index is -0.0588. The summed E-state index contributed by atoms with van der Waals surface area (Å²) in [5.74, 6) is 0. The van der Waals surface area contributed by atoms with E-state index in [4.69, 9.17) is 16.0 Å². The van der Waals surface area contributed by atoms with Crippen LogP contribution >= 0.6 is 11.6 Å². The predicted octanol–water partition coefficient (Wildman–Crippen LogP) is 5.01. The van der Waals surface area contributed by atoms with Gasteiger partial charge in [0, 0.05) is 5.02 Å². The van der Waals surface area contributed by atoms with E-state index in [2.05, 4.69) is 0 Å². The fraction of sp³-hybridized carbons (Fsp3) is 0. The molecule has 0 bridgehead atoms. The van der Waals surface area contributed by atoms with E-state index in [1.807, 2.05) is 46.9 Å². The largest absolute Gasteiger partial charge is 0.439 e. The first kappa shape index (κ1) is 12.7. The number of benzene rings is 2. The number of rotatable bonds is 0. The average Bonchev–Trinajstić information content (AvgIpc) is 2.95. The summed E-state index contributed by atoms with van der Waals surface area (Å²) in [4.78, 5) is 12.8. The Morgan fingerprint density at radius 1 is 0.913 bits per heavy atom. The highest BCUT2D eigenvalue weighted by molar-refractivity contribution is 6.31. The number of pyridine rings is 1. The van der Waals surface area contributed by atoms with Gasteiger partial charge in [-0.1, -0.05) is 35.9 Å². The van der Waals surface area contributed by atoms with Crippen LogP contribution in [-0.4, -0.2) is 4.40 Å². The molecule has 2 aromatic carbocycles. The van der Waals surface area contributed by atoms with Gasteiger partial charge >= 0.3 is 0 Å². The van der Waals surface area contributed by atoms with Crippen molar-refractivity contribution in [1.29, 1.82) is 0 Å². The van der Waals surface area contributed by atoms with Gasteiger partial charge in [-0.2, -0.15) is 0 Å². The number of para-hydroxylation sites is 1. The highest BCUT2D eigenvalue weighted by Gasteiger charge is 2.14. The molecule has 0 saturated carbocycles. The van der Waals surface area contributed by atoms with E-state index in [0.717, 1.165) is 16.4 Å². The molecule has 0 atom stereocenters.